The van der Waals surface area contributed by atoms with Crippen molar-refractivity contribution in [3.8, 4) is 11.5 Å². The van der Waals surface area contributed by atoms with Crippen LogP contribution in [0.4, 0.5) is 4.39 Å². The second-order valence-electron chi connectivity index (χ2n) is 2.43. The summed E-state index contributed by atoms with van der Waals surface area (Å²) in [5.74, 6) is -1.28. The van der Waals surface area contributed by atoms with E-state index in [1.807, 2.05) is 0 Å². The molecule has 0 heterocycles. The quantitative estimate of drug-likeness (QED) is 0.575. The molecule has 0 aliphatic rings. The van der Waals surface area contributed by atoms with Crippen LogP contribution in [0.5, 0.6) is 11.5 Å². The molecule has 0 radical (unpaired) electrons. The molecule has 0 spiro atoms. The molecule has 0 bridgehead atoms. The van der Waals surface area contributed by atoms with Gasteiger partial charge in [-0.2, -0.15) is 0 Å². The number of benzene rings is 1. The van der Waals surface area contributed by atoms with Crippen LogP contribution in [0.15, 0.2) is 12.1 Å². The van der Waals surface area contributed by atoms with Gasteiger partial charge >= 0.3 is 0 Å². The Morgan fingerprint density at radius 1 is 1.33 bits per heavy atom. The number of rotatable bonds is 2. The van der Waals surface area contributed by atoms with E-state index in [1.165, 1.54) is 0 Å². The average molecular weight is 171 g/mol. The van der Waals surface area contributed by atoms with E-state index in [4.69, 9.17) is 15.9 Å². The topological polar surface area (TPSA) is 66.5 Å². The maximum Gasteiger partial charge on any atom is 0.163 e. The van der Waals surface area contributed by atoms with Crippen LogP contribution in [-0.2, 0) is 6.42 Å². The van der Waals surface area contributed by atoms with Crippen molar-refractivity contribution in [3.05, 3.63) is 23.5 Å². The van der Waals surface area contributed by atoms with Gasteiger partial charge in [0.05, 0.1) is 0 Å². The molecule has 4 heteroatoms. The van der Waals surface area contributed by atoms with Crippen LogP contribution in [0.25, 0.3) is 0 Å². The lowest BCUT2D eigenvalue weighted by Crippen LogP contribution is -2.04. The third-order valence-corrected chi connectivity index (χ3v) is 1.60. The van der Waals surface area contributed by atoms with Crippen molar-refractivity contribution in [3.63, 3.8) is 0 Å². The van der Waals surface area contributed by atoms with E-state index < -0.39 is 11.6 Å². The monoisotopic (exact) mass is 171 g/mol. The molecule has 0 unspecified atom stereocenters. The number of aromatic hydroxyl groups is 2. The first-order valence-corrected chi connectivity index (χ1v) is 3.56. The summed E-state index contributed by atoms with van der Waals surface area (Å²) in [6.07, 6.45) is 0.214. The number of phenolic OH excluding ortho intramolecular Hbond substituents is 2. The summed E-state index contributed by atoms with van der Waals surface area (Å²) in [6.45, 7) is 0.230. The van der Waals surface area contributed by atoms with Gasteiger partial charge in [-0.25, -0.2) is 4.39 Å². The molecule has 66 valence electrons. The maximum absolute atomic E-state index is 12.9. The third-order valence-electron chi connectivity index (χ3n) is 1.60. The van der Waals surface area contributed by atoms with Gasteiger partial charge in [0.25, 0.3) is 0 Å². The molecule has 4 N–H and O–H groups in total. The fraction of sp³-hybridized carbons (Fsp3) is 0.250. The van der Waals surface area contributed by atoms with Gasteiger partial charge in [0, 0.05) is 5.56 Å². The number of hydrogen-bond donors (Lipinski definition) is 3. The summed E-state index contributed by atoms with van der Waals surface area (Å²) in [7, 11) is 0. The molecule has 0 atom stereocenters. The highest BCUT2D eigenvalue weighted by Gasteiger charge is 2.10. The summed E-state index contributed by atoms with van der Waals surface area (Å²) in [6, 6.07) is 2.20. The number of hydrogen-bond acceptors (Lipinski definition) is 3. The summed E-state index contributed by atoms with van der Waals surface area (Å²) >= 11 is 0. The summed E-state index contributed by atoms with van der Waals surface area (Å²) in [5.41, 5.74) is 5.26. The van der Waals surface area contributed by atoms with Crippen molar-refractivity contribution >= 4 is 0 Å². The normalized spacial score (nSPS) is 10.2. The molecule has 1 rings (SSSR count). The Bertz CT molecular complexity index is 289. The second-order valence-corrected chi connectivity index (χ2v) is 2.43. The first-order chi connectivity index (χ1) is 5.66. The standard InChI is InChI=1S/C8H10FNO2/c9-6-1-2-7(11)8(12)5(6)3-4-10/h1-2,11-12H,3-4,10H2. The van der Waals surface area contributed by atoms with Crippen molar-refractivity contribution < 1.29 is 14.6 Å². The molecule has 0 fully saturated rings. The highest BCUT2D eigenvalue weighted by atomic mass is 19.1. The third kappa shape index (κ3) is 1.48. The van der Waals surface area contributed by atoms with E-state index in [0.717, 1.165) is 12.1 Å². The molecule has 0 aliphatic heterocycles. The van der Waals surface area contributed by atoms with Crippen LogP contribution >= 0.6 is 0 Å². The van der Waals surface area contributed by atoms with Gasteiger partial charge in [-0.3, -0.25) is 0 Å². The minimum Gasteiger partial charge on any atom is -0.504 e. The van der Waals surface area contributed by atoms with Crippen LogP contribution < -0.4 is 5.73 Å². The van der Waals surface area contributed by atoms with E-state index in [0.29, 0.717) is 0 Å². The van der Waals surface area contributed by atoms with Crippen LogP contribution in [0.2, 0.25) is 0 Å². The van der Waals surface area contributed by atoms with Crippen LogP contribution in [0, 0.1) is 5.82 Å². The summed E-state index contributed by atoms with van der Waals surface area (Å²) in [5, 5.41) is 18.2. The Morgan fingerprint density at radius 3 is 2.58 bits per heavy atom. The molecule has 0 aromatic heterocycles. The van der Waals surface area contributed by atoms with E-state index in [1.54, 1.807) is 0 Å². The van der Waals surface area contributed by atoms with Gasteiger partial charge in [-0.15, -0.1) is 0 Å². The molecule has 0 amide bonds. The SMILES string of the molecule is NCCc1c(F)ccc(O)c1O. The first-order valence-electron chi connectivity index (χ1n) is 3.56. The predicted octanol–water partition coefficient (Wildman–Crippen LogP) is 0.738. The zero-order chi connectivity index (χ0) is 9.14. The van der Waals surface area contributed by atoms with E-state index >= 15 is 0 Å². The maximum atomic E-state index is 12.9. The molecule has 1 aromatic rings. The molecule has 0 aliphatic carbocycles. The lowest BCUT2D eigenvalue weighted by molar-refractivity contribution is 0.394. The van der Waals surface area contributed by atoms with Crippen LogP contribution in [-0.4, -0.2) is 16.8 Å². The minimum absolute atomic E-state index is 0.0671. The average Bonchev–Trinajstić information content (AvgIpc) is 2.06. The van der Waals surface area contributed by atoms with E-state index in [9.17, 15) is 4.39 Å². The zero-order valence-corrected chi connectivity index (χ0v) is 6.42. The molecular weight excluding hydrogens is 161 g/mol. The van der Waals surface area contributed by atoms with E-state index in [-0.39, 0.29) is 24.3 Å². The Labute approximate surface area is 69.3 Å². The molecule has 3 nitrogen and oxygen atoms in total. The lowest BCUT2D eigenvalue weighted by atomic mass is 10.1. The summed E-state index contributed by atoms with van der Waals surface area (Å²) < 4.78 is 12.9. The van der Waals surface area contributed by atoms with Gasteiger partial charge in [0.2, 0.25) is 0 Å². The molecule has 12 heavy (non-hydrogen) atoms. The van der Waals surface area contributed by atoms with Gasteiger partial charge in [0.15, 0.2) is 11.5 Å². The Morgan fingerprint density at radius 2 is 2.00 bits per heavy atom. The van der Waals surface area contributed by atoms with Crippen LogP contribution in [0.1, 0.15) is 5.56 Å². The highest BCUT2D eigenvalue weighted by molar-refractivity contribution is 5.45. The number of phenols is 2. The molecule has 0 saturated carbocycles. The zero-order valence-electron chi connectivity index (χ0n) is 6.42. The molecular formula is C8H10FNO2. The Balaban J connectivity index is 3.14. The lowest BCUT2D eigenvalue weighted by Gasteiger charge is -2.05. The van der Waals surface area contributed by atoms with Crippen molar-refractivity contribution in [2.45, 2.75) is 6.42 Å². The van der Waals surface area contributed by atoms with Gasteiger partial charge in [0.1, 0.15) is 5.82 Å². The number of nitrogens with two attached hydrogens (primary N) is 1. The number of halogens is 1. The largest absolute Gasteiger partial charge is 0.504 e. The van der Waals surface area contributed by atoms with Gasteiger partial charge in [-0.05, 0) is 25.1 Å². The second kappa shape index (κ2) is 3.40. The Kier molecular flexibility index (Phi) is 2.50. The first kappa shape index (κ1) is 8.80. The highest BCUT2D eigenvalue weighted by Crippen LogP contribution is 2.30. The fourth-order valence-corrected chi connectivity index (χ4v) is 0.981. The van der Waals surface area contributed by atoms with E-state index in [2.05, 4.69) is 0 Å². The smallest absolute Gasteiger partial charge is 0.163 e. The van der Waals surface area contributed by atoms with Gasteiger partial charge in [-0.1, -0.05) is 0 Å². The van der Waals surface area contributed by atoms with Crippen molar-refractivity contribution in [1.82, 2.24) is 0 Å². The van der Waals surface area contributed by atoms with Gasteiger partial charge < -0.3 is 15.9 Å². The van der Waals surface area contributed by atoms with Crippen molar-refractivity contribution in [2.24, 2.45) is 5.73 Å². The fourth-order valence-electron chi connectivity index (χ4n) is 0.981. The van der Waals surface area contributed by atoms with Crippen molar-refractivity contribution in [2.75, 3.05) is 6.54 Å². The Hall–Kier alpha value is -1.29. The van der Waals surface area contributed by atoms with Crippen LogP contribution in [0.3, 0.4) is 0 Å². The summed E-state index contributed by atoms with van der Waals surface area (Å²) in [4.78, 5) is 0. The predicted molar refractivity (Wildman–Crippen MR) is 42.5 cm³/mol. The van der Waals surface area contributed by atoms with Crippen molar-refractivity contribution in [1.29, 1.82) is 0 Å². The minimum atomic E-state index is -0.546. The molecule has 1 aromatic carbocycles. The molecule has 0 saturated heterocycles.